The Morgan fingerprint density at radius 1 is 1.26 bits per heavy atom. The maximum absolute atomic E-state index is 13.1. The largest absolute Gasteiger partial charge is 0.420 e. The number of carbonyl (C=O) groups is 1. The molecule has 1 atom stereocenters. The second-order valence-electron chi connectivity index (χ2n) is 6.56. The quantitative estimate of drug-likeness (QED) is 0.707. The summed E-state index contributed by atoms with van der Waals surface area (Å²) in [6.45, 7) is 2.99. The molecule has 1 aromatic carbocycles. The van der Waals surface area contributed by atoms with E-state index in [1.807, 2.05) is 6.92 Å². The van der Waals surface area contributed by atoms with Gasteiger partial charge >= 0.3 is 0 Å². The predicted octanol–water partition coefficient (Wildman–Crippen LogP) is 2.99. The van der Waals surface area contributed by atoms with Gasteiger partial charge in [0.25, 0.3) is 11.8 Å². The second kappa shape index (κ2) is 7.22. The average Bonchev–Trinajstić information content (AvgIpc) is 3.18. The van der Waals surface area contributed by atoms with Gasteiger partial charge in [-0.2, -0.15) is 0 Å². The molecule has 2 aromatic heterocycles. The van der Waals surface area contributed by atoms with Crippen LogP contribution in [0.5, 0.6) is 0 Å². The van der Waals surface area contributed by atoms with Gasteiger partial charge in [-0.15, -0.1) is 10.2 Å². The van der Waals surface area contributed by atoms with Crippen molar-refractivity contribution in [3.8, 4) is 11.5 Å². The number of likely N-dealkylation sites (tertiary alicyclic amines) is 1. The molecule has 0 aliphatic carbocycles. The van der Waals surface area contributed by atoms with Crippen molar-refractivity contribution < 1.29 is 13.6 Å². The number of piperidine rings is 1. The lowest BCUT2D eigenvalue weighted by Crippen LogP contribution is -2.39. The van der Waals surface area contributed by atoms with Crippen LogP contribution in [0.1, 0.15) is 40.7 Å². The van der Waals surface area contributed by atoms with Gasteiger partial charge in [0.15, 0.2) is 0 Å². The topological polar surface area (TPSA) is 85.0 Å². The minimum absolute atomic E-state index is 0.0330. The molecule has 1 amide bonds. The molecule has 1 fully saturated rings. The minimum atomic E-state index is -0.360. The maximum Gasteiger partial charge on any atom is 0.253 e. The Hall–Kier alpha value is -3.16. The van der Waals surface area contributed by atoms with Crippen molar-refractivity contribution in [2.24, 2.45) is 0 Å². The SMILES string of the molecule is Cc1ncncc1-c1nnc([C@@H]2CCCN(C(=O)c3ccc(F)cc3)C2)o1. The number of carbonyl (C=O) groups excluding carboxylic acids is 1. The van der Waals surface area contributed by atoms with E-state index in [-0.39, 0.29) is 17.6 Å². The number of nitrogens with zero attached hydrogens (tertiary/aromatic N) is 5. The van der Waals surface area contributed by atoms with E-state index < -0.39 is 0 Å². The van der Waals surface area contributed by atoms with Gasteiger partial charge in [0.1, 0.15) is 12.1 Å². The summed E-state index contributed by atoms with van der Waals surface area (Å²) in [6.07, 6.45) is 4.81. The van der Waals surface area contributed by atoms with Gasteiger partial charge in [-0.3, -0.25) is 4.79 Å². The smallest absolute Gasteiger partial charge is 0.253 e. The van der Waals surface area contributed by atoms with Crippen molar-refractivity contribution in [2.75, 3.05) is 13.1 Å². The Balaban J connectivity index is 1.51. The highest BCUT2D eigenvalue weighted by Gasteiger charge is 2.29. The first kappa shape index (κ1) is 17.3. The molecule has 138 valence electrons. The monoisotopic (exact) mass is 367 g/mol. The fourth-order valence-corrected chi connectivity index (χ4v) is 3.25. The highest BCUT2D eigenvalue weighted by Crippen LogP contribution is 2.29. The normalized spacial score (nSPS) is 17.1. The number of amides is 1. The lowest BCUT2D eigenvalue weighted by Gasteiger charge is -2.31. The molecular formula is C19H18FN5O2. The van der Waals surface area contributed by atoms with Gasteiger partial charge in [0.05, 0.1) is 17.2 Å². The predicted molar refractivity (Wildman–Crippen MR) is 94.3 cm³/mol. The van der Waals surface area contributed by atoms with Crippen LogP contribution in [0.25, 0.3) is 11.5 Å². The van der Waals surface area contributed by atoms with E-state index in [4.69, 9.17) is 4.42 Å². The number of benzene rings is 1. The number of hydrogen-bond donors (Lipinski definition) is 0. The van der Waals surface area contributed by atoms with Gasteiger partial charge in [0.2, 0.25) is 5.89 Å². The number of aromatic nitrogens is 4. The van der Waals surface area contributed by atoms with Crippen molar-refractivity contribution in [3.05, 3.63) is 59.8 Å². The molecule has 8 heteroatoms. The van der Waals surface area contributed by atoms with Crippen LogP contribution in [0.15, 0.2) is 41.2 Å². The van der Waals surface area contributed by atoms with Crippen molar-refractivity contribution >= 4 is 5.91 Å². The van der Waals surface area contributed by atoms with Crippen LogP contribution in [0.3, 0.4) is 0 Å². The third-order valence-electron chi connectivity index (χ3n) is 4.73. The summed E-state index contributed by atoms with van der Waals surface area (Å²) in [5, 5.41) is 8.29. The standard InChI is InChI=1S/C19H18FN5O2/c1-12-16(9-21-11-22-12)18-24-23-17(27-18)14-3-2-8-25(10-14)19(26)13-4-6-15(20)7-5-13/h4-7,9,11,14H,2-3,8,10H2,1H3/t14-/m1/s1. The summed E-state index contributed by atoms with van der Waals surface area (Å²) in [7, 11) is 0. The zero-order valence-electron chi connectivity index (χ0n) is 14.8. The Kier molecular flexibility index (Phi) is 4.62. The minimum Gasteiger partial charge on any atom is -0.420 e. The molecule has 1 aliphatic heterocycles. The summed E-state index contributed by atoms with van der Waals surface area (Å²) in [5.41, 5.74) is 1.93. The summed E-state index contributed by atoms with van der Waals surface area (Å²) in [5.74, 6) is 0.373. The van der Waals surface area contributed by atoms with Crippen LogP contribution in [-0.2, 0) is 0 Å². The second-order valence-corrected chi connectivity index (χ2v) is 6.56. The van der Waals surface area contributed by atoms with Gasteiger partial charge < -0.3 is 9.32 Å². The van der Waals surface area contributed by atoms with Crippen molar-refractivity contribution in [1.29, 1.82) is 0 Å². The van der Waals surface area contributed by atoms with E-state index >= 15 is 0 Å². The summed E-state index contributed by atoms with van der Waals surface area (Å²) < 4.78 is 18.9. The van der Waals surface area contributed by atoms with E-state index in [1.165, 1.54) is 30.6 Å². The van der Waals surface area contributed by atoms with Gasteiger partial charge in [-0.05, 0) is 44.0 Å². The fraction of sp³-hybridized carbons (Fsp3) is 0.316. The van der Waals surface area contributed by atoms with E-state index in [0.29, 0.717) is 36.0 Å². The highest BCUT2D eigenvalue weighted by atomic mass is 19.1. The number of aryl methyl sites for hydroxylation is 1. The van der Waals surface area contributed by atoms with Gasteiger partial charge in [-0.25, -0.2) is 14.4 Å². The fourth-order valence-electron chi connectivity index (χ4n) is 3.25. The van der Waals surface area contributed by atoms with Crippen LogP contribution < -0.4 is 0 Å². The first-order chi connectivity index (χ1) is 13.1. The molecule has 3 aromatic rings. The maximum atomic E-state index is 13.1. The molecular weight excluding hydrogens is 349 g/mol. The molecule has 0 saturated carbocycles. The molecule has 0 spiro atoms. The first-order valence-electron chi connectivity index (χ1n) is 8.77. The van der Waals surface area contributed by atoms with Crippen LogP contribution in [-0.4, -0.2) is 44.1 Å². The van der Waals surface area contributed by atoms with E-state index in [1.54, 1.807) is 11.1 Å². The molecule has 4 rings (SSSR count). The molecule has 0 N–H and O–H groups in total. The van der Waals surface area contributed by atoms with Crippen molar-refractivity contribution in [2.45, 2.75) is 25.7 Å². The molecule has 1 saturated heterocycles. The molecule has 1 aliphatic rings. The number of hydrogen-bond acceptors (Lipinski definition) is 6. The highest BCUT2D eigenvalue weighted by molar-refractivity contribution is 5.94. The Bertz CT molecular complexity index is 957. The molecule has 3 heterocycles. The molecule has 27 heavy (non-hydrogen) atoms. The molecule has 0 radical (unpaired) electrons. The summed E-state index contributed by atoms with van der Waals surface area (Å²) >= 11 is 0. The lowest BCUT2D eigenvalue weighted by atomic mass is 9.97. The summed E-state index contributed by atoms with van der Waals surface area (Å²) in [4.78, 5) is 22.6. The van der Waals surface area contributed by atoms with Crippen molar-refractivity contribution in [3.63, 3.8) is 0 Å². The number of rotatable bonds is 3. The Labute approximate surface area is 155 Å². The van der Waals surface area contributed by atoms with E-state index in [2.05, 4.69) is 20.2 Å². The molecule has 0 unspecified atom stereocenters. The zero-order valence-corrected chi connectivity index (χ0v) is 14.8. The van der Waals surface area contributed by atoms with Crippen LogP contribution in [0, 0.1) is 12.7 Å². The Morgan fingerprint density at radius 2 is 2.07 bits per heavy atom. The van der Waals surface area contributed by atoms with Crippen LogP contribution >= 0.6 is 0 Å². The molecule has 0 bridgehead atoms. The van der Waals surface area contributed by atoms with Crippen LogP contribution in [0.4, 0.5) is 4.39 Å². The van der Waals surface area contributed by atoms with Crippen LogP contribution in [0.2, 0.25) is 0 Å². The summed E-state index contributed by atoms with van der Waals surface area (Å²) in [6, 6.07) is 5.60. The van der Waals surface area contributed by atoms with Gasteiger partial charge in [0, 0.05) is 24.8 Å². The third kappa shape index (κ3) is 3.55. The average molecular weight is 367 g/mol. The van der Waals surface area contributed by atoms with E-state index in [0.717, 1.165) is 18.5 Å². The zero-order chi connectivity index (χ0) is 18.8. The lowest BCUT2D eigenvalue weighted by molar-refractivity contribution is 0.0698. The first-order valence-corrected chi connectivity index (χ1v) is 8.77. The van der Waals surface area contributed by atoms with Crippen molar-refractivity contribution in [1.82, 2.24) is 25.1 Å². The Morgan fingerprint density at radius 3 is 2.85 bits per heavy atom. The third-order valence-corrected chi connectivity index (χ3v) is 4.73. The van der Waals surface area contributed by atoms with Gasteiger partial charge in [-0.1, -0.05) is 0 Å². The van der Waals surface area contributed by atoms with E-state index in [9.17, 15) is 9.18 Å². The number of halogens is 1. The molecule has 7 nitrogen and oxygen atoms in total.